The van der Waals surface area contributed by atoms with Gasteiger partial charge in [0.25, 0.3) is 0 Å². The predicted molar refractivity (Wildman–Crippen MR) is 153 cm³/mol. The van der Waals surface area contributed by atoms with Crippen molar-refractivity contribution < 1.29 is 23.1 Å². The van der Waals surface area contributed by atoms with Crippen LogP contribution in [0.3, 0.4) is 0 Å². The number of nitrogens with one attached hydrogen (secondary N) is 1. The van der Waals surface area contributed by atoms with E-state index in [4.69, 9.17) is 15.9 Å². The Morgan fingerprint density at radius 2 is 2.03 bits per heavy atom. The van der Waals surface area contributed by atoms with Crippen molar-refractivity contribution in [2.24, 2.45) is 10.7 Å². The second-order valence-corrected chi connectivity index (χ2v) is 11.7. The summed E-state index contributed by atoms with van der Waals surface area (Å²) in [5.41, 5.74) is 7.97. The quantitative estimate of drug-likeness (QED) is 0.302. The molecule has 0 aliphatic carbocycles. The molecule has 1 saturated heterocycles. The number of rotatable bonds is 10. The molecule has 0 saturated carbocycles. The minimum atomic E-state index is -4.15. The van der Waals surface area contributed by atoms with Crippen LogP contribution in [-0.2, 0) is 14.8 Å². The number of benzene rings is 2. The van der Waals surface area contributed by atoms with Gasteiger partial charge in [0.1, 0.15) is 17.7 Å². The number of ether oxygens (including phenoxy) is 1. The zero-order valence-corrected chi connectivity index (χ0v) is 22.9. The van der Waals surface area contributed by atoms with E-state index < -0.39 is 21.7 Å². The Labute approximate surface area is 229 Å². The normalized spacial score (nSPS) is 16.3. The Kier molecular flexibility index (Phi) is 8.90. The van der Waals surface area contributed by atoms with E-state index in [1.807, 2.05) is 6.92 Å². The summed E-state index contributed by atoms with van der Waals surface area (Å²) in [6, 6.07) is 12.1. The van der Waals surface area contributed by atoms with Crippen LogP contribution in [0.25, 0.3) is 6.08 Å². The number of anilines is 1. The van der Waals surface area contributed by atoms with Crippen molar-refractivity contribution in [2.75, 3.05) is 36.2 Å². The van der Waals surface area contributed by atoms with E-state index in [1.54, 1.807) is 54.6 Å². The second-order valence-electron chi connectivity index (χ2n) is 9.78. The van der Waals surface area contributed by atoms with Gasteiger partial charge in [0.15, 0.2) is 5.75 Å². The molecule has 0 atom stereocenters. The number of aliphatic imine (C=N–C) groups is 1. The molecule has 1 fully saturated rings. The van der Waals surface area contributed by atoms with Crippen LogP contribution in [0.4, 0.5) is 5.69 Å². The molecule has 0 amide bonds. The van der Waals surface area contributed by atoms with Crippen LogP contribution in [0.1, 0.15) is 42.4 Å². The van der Waals surface area contributed by atoms with E-state index in [9.17, 15) is 18.3 Å². The van der Waals surface area contributed by atoms with Gasteiger partial charge in [0.05, 0.1) is 18.1 Å². The summed E-state index contributed by atoms with van der Waals surface area (Å²) < 4.78 is 33.4. The van der Waals surface area contributed by atoms with E-state index in [0.717, 1.165) is 60.7 Å². The van der Waals surface area contributed by atoms with E-state index in [2.05, 4.69) is 9.89 Å². The Bertz CT molecular complexity index is 1380. The highest BCUT2D eigenvalue weighted by Crippen LogP contribution is 2.29. The molecule has 39 heavy (non-hydrogen) atoms. The van der Waals surface area contributed by atoms with Gasteiger partial charge in [-0.25, -0.2) is 8.42 Å². The highest BCUT2D eigenvalue weighted by Gasteiger charge is 2.27. The summed E-state index contributed by atoms with van der Waals surface area (Å²) >= 11 is 0. The largest absolute Gasteiger partial charge is 0.490 e. The summed E-state index contributed by atoms with van der Waals surface area (Å²) in [5.74, 6) is -0.631. The summed E-state index contributed by atoms with van der Waals surface area (Å²) in [5, 5.41) is 16.8. The Balaban J connectivity index is 1.47. The number of carbonyl (C=O) groups is 1. The predicted octanol–water partition coefficient (Wildman–Crippen LogP) is 3.25. The molecule has 0 bridgehead atoms. The molecule has 4 N–H and O–H groups in total. The Morgan fingerprint density at radius 3 is 2.67 bits per heavy atom. The zero-order chi connectivity index (χ0) is 28.0. The average molecular weight is 554 g/mol. The molecule has 0 aromatic heterocycles. The highest BCUT2D eigenvalue weighted by molar-refractivity contribution is 7.93. The van der Waals surface area contributed by atoms with Gasteiger partial charge in [0, 0.05) is 44.5 Å². The molecule has 2 aliphatic heterocycles. The van der Waals surface area contributed by atoms with Crippen LogP contribution in [-0.4, -0.2) is 74.1 Å². The van der Waals surface area contributed by atoms with Crippen LogP contribution < -0.4 is 14.8 Å². The molecule has 208 valence electrons. The first-order valence-electron chi connectivity index (χ1n) is 13.0. The van der Waals surface area contributed by atoms with Crippen molar-refractivity contribution in [1.29, 1.82) is 5.41 Å². The lowest BCUT2D eigenvalue weighted by atomic mass is 10.1. The SMILES string of the molecule is Cc1cc(N(C/C=C/c2cccc(C(=N)N)c2)S(=O)(=O)CC(=O)O)ccc1OC1CCN(C2=NCCC2)CC1. The lowest BCUT2D eigenvalue weighted by Crippen LogP contribution is -2.41. The number of amidine groups is 2. The van der Waals surface area contributed by atoms with Gasteiger partial charge in [0.2, 0.25) is 10.0 Å². The molecule has 0 spiro atoms. The summed E-state index contributed by atoms with van der Waals surface area (Å²) in [7, 11) is -4.15. The van der Waals surface area contributed by atoms with Gasteiger partial charge in [-0.1, -0.05) is 30.4 Å². The van der Waals surface area contributed by atoms with Gasteiger partial charge in [-0.15, -0.1) is 0 Å². The van der Waals surface area contributed by atoms with Crippen LogP contribution in [0.5, 0.6) is 5.75 Å². The number of likely N-dealkylation sites (tertiary alicyclic amines) is 1. The van der Waals surface area contributed by atoms with Gasteiger partial charge in [-0.2, -0.15) is 0 Å². The molecule has 0 radical (unpaired) electrons. The number of hydrogen-bond donors (Lipinski definition) is 3. The first-order chi connectivity index (χ1) is 18.6. The topological polar surface area (TPSA) is 149 Å². The molecular weight excluding hydrogens is 518 g/mol. The van der Waals surface area contributed by atoms with E-state index in [0.29, 0.717) is 17.0 Å². The number of piperidine rings is 1. The van der Waals surface area contributed by atoms with E-state index in [1.165, 1.54) is 5.84 Å². The van der Waals surface area contributed by atoms with E-state index in [-0.39, 0.29) is 18.5 Å². The van der Waals surface area contributed by atoms with Crippen molar-refractivity contribution >= 4 is 39.4 Å². The van der Waals surface area contributed by atoms with Crippen LogP contribution >= 0.6 is 0 Å². The number of aliphatic carboxylic acids is 1. The highest BCUT2D eigenvalue weighted by atomic mass is 32.2. The number of nitrogen functional groups attached to an aromatic ring is 1. The summed E-state index contributed by atoms with van der Waals surface area (Å²) in [6.45, 7) is 4.51. The fraction of sp³-hybridized carbons (Fsp3) is 0.393. The maximum absolute atomic E-state index is 13.0. The van der Waals surface area contributed by atoms with Gasteiger partial charge >= 0.3 is 5.97 Å². The number of carboxylic acids is 1. The Morgan fingerprint density at radius 1 is 1.26 bits per heavy atom. The van der Waals surface area contributed by atoms with Crippen molar-refractivity contribution in [3.05, 3.63) is 65.2 Å². The average Bonchev–Trinajstić information content (AvgIpc) is 3.43. The number of aryl methyl sites for hydroxylation is 1. The molecule has 2 aromatic rings. The van der Waals surface area contributed by atoms with Gasteiger partial charge < -0.3 is 20.5 Å². The van der Waals surface area contributed by atoms with Crippen LogP contribution in [0.15, 0.2) is 53.5 Å². The minimum Gasteiger partial charge on any atom is -0.490 e. The molecule has 2 aliphatic rings. The lowest BCUT2D eigenvalue weighted by Gasteiger charge is -2.34. The number of carboxylic acid groups (broad SMARTS) is 1. The molecular formula is C28H35N5O5S. The smallest absolute Gasteiger partial charge is 0.320 e. The summed E-state index contributed by atoms with van der Waals surface area (Å²) in [4.78, 5) is 18.2. The van der Waals surface area contributed by atoms with Gasteiger partial charge in [-0.05, 0) is 48.7 Å². The first-order valence-corrected chi connectivity index (χ1v) is 14.6. The van der Waals surface area contributed by atoms with Crippen molar-refractivity contribution in [3.63, 3.8) is 0 Å². The first kappa shape index (κ1) is 28.2. The van der Waals surface area contributed by atoms with Crippen molar-refractivity contribution in [2.45, 2.75) is 38.7 Å². The lowest BCUT2D eigenvalue weighted by molar-refractivity contribution is -0.134. The molecule has 2 aromatic carbocycles. The second kappa shape index (κ2) is 12.3. The number of sulfonamides is 1. The molecule has 10 nitrogen and oxygen atoms in total. The molecule has 4 rings (SSSR count). The fourth-order valence-corrected chi connectivity index (χ4v) is 6.04. The van der Waals surface area contributed by atoms with Crippen molar-refractivity contribution in [1.82, 2.24) is 4.90 Å². The van der Waals surface area contributed by atoms with E-state index >= 15 is 0 Å². The number of nitrogens with two attached hydrogens (primary N) is 1. The van der Waals surface area contributed by atoms with Crippen LogP contribution in [0, 0.1) is 12.3 Å². The number of hydrogen-bond acceptors (Lipinski definition) is 7. The number of nitrogens with zero attached hydrogens (tertiary/aromatic N) is 3. The summed E-state index contributed by atoms with van der Waals surface area (Å²) in [6.07, 6.45) is 7.36. The monoisotopic (exact) mass is 553 g/mol. The molecule has 0 unspecified atom stereocenters. The third-order valence-electron chi connectivity index (χ3n) is 6.82. The third-order valence-corrected chi connectivity index (χ3v) is 8.46. The minimum absolute atomic E-state index is 0.0633. The fourth-order valence-electron chi connectivity index (χ4n) is 4.82. The Hall–Kier alpha value is -3.86. The maximum atomic E-state index is 13.0. The van der Waals surface area contributed by atoms with Crippen LogP contribution in [0.2, 0.25) is 0 Å². The molecule has 11 heteroatoms. The van der Waals surface area contributed by atoms with Crippen molar-refractivity contribution in [3.8, 4) is 5.75 Å². The van der Waals surface area contributed by atoms with Gasteiger partial charge in [-0.3, -0.25) is 19.5 Å². The maximum Gasteiger partial charge on any atom is 0.320 e. The third kappa shape index (κ3) is 7.38. The standard InChI is InChI=1S/C28H35N5O5S/c1-20-17-23(9-10-25(20)38-24-11-15-32(16-12-24)26-8-3-13-31-26)33(39(36,37)19-27(34)35)14-4-6-21-5-2-7-22(18-21)28(29)30/h2,4-7,9-10,17-18,24H,3,8,11-16,19H2,1H3,(H3,29,30)(H,34,35)/b6-4+. The molecule has 2 heterocycles. The zero-order valence-electron chi connectivity index (χ0n) is 22.0.